The van der Waals surface area contributed by atoms with Crippen molar-refractivity contribution in [1.82, 2.24) is 0 Å². The molecule has 4 bridgehead atoms. The minimum Gasteiger partial charge on any atom is -0.393 e. The van der Waals surface area contributed by atoms with Crippen molar-refractivity contribution >= 4 is 0 Å². The summed E-state index contributed by atoms with van der Waals surface area (Å²) in [5.41, 5.74) is 0. The maximum absolute atomic E-state index is 10.00. The van der Waals surface area contributed by atoms with Crippen LogP contribution < -0.4 is 0 Å². The number of hydrogen-bond acceptors (Lipinski definition) is 1. The second kappa shape index (κ2) is 2.25. The standard InChI is InChI=1S/C11H18O/c1-6-8-2-7-3-9(5-8)11(12)10(6)4-7/h6-12H,2-5H2,1H3/t6-,7?,8?,9?,10?,11-/m1/s1. The summed E-state index contributed by atoms with van der Waals surface area (Å²) in [6, 6.07) is 0. The maximum atomic E-state index is 10.00. The van der Waals surface area contributed by atoms with Crippen molar-refractivity contribution in [1.29, 1.82) is 0 Å². The van der Waals surface area contributed by atoms with Gasteiger partial charge in [0.15, 0.2) is 0 Å². The van der Waals surface area contributed by atoms with E-state index < -0.39 is 0 Å². The molecule has 0 amide bonds. The molecule has 4 rings (SSSR count). The highest BCUT2D eigenvalue weighted by Gasteiger charge is 2.51. The number of hydrogen-bond donors (Lipinski definition) is 1. The Morgan fingerprint density at radius 1 is 1.00 bits per heavy atom. The second-order valence-electron chi connectivity index (χ2n) is 5.34. The van der Waals surface area contributed by atoms with Gasteiger partial charge in [-0.25, -0.2) is 0 Å². The molecule has 0 aromatic carbocycles. The Kier molecular flexibility index (Phi) is 1.39. The normalized spacial score (nSPS) is 62.5. The van der Waals surface area contributed by atoms with Crippen molar-refractivity contribution in [2.24, 2.45) is 29.6 Å². The van der Waals surface area contributed by atoms with Gasteiger partial charge in [-0.1, -0.05) is 6.92 Å². The zero-order chi connectivity index (χ0) is 8.29. The van der Waals surface area contributed by atoms with E-state index in [1.54, 1.807) is 0 Å². The molecule has 1 heteroatoms. The third-order valence-electron chi connectivity index (χ3n) is 4.82. The Labute approximate surface area is 74.2 Å². The van der Waals surface area contributed by atoms with Crippen LogP contribution in [0.15, 0.2) is 0 Å². The zero-order valence-electron chi connectivity index (χ0n) is 7.74. The highest BCUT2D eigenvalue weighted by molar-refractivity contribution is 5.01. The first-order chi connectivity index (χ1) is 5.75. The lowest BCUT2D eigenvalue weighted by atomic mass is 9.51. The molecule has 0 aromatic heterocycles. The van der Waals surface area contributed by atoms with E-state index in [4.69, 9.17) is 0 Å². The summed E-state index contributed by atoms with van der Waals surface area (Å²) in [7, 11) is 0. The maximum Gasteiger partial charge on any atom is 0.0599 e. The summed E-state index contributed by atoms with van der Waals surface area (Å²) >= 11 is 0. The van der Waals surface area contributed by atoms with E-state index in [0.29, 0.717) is 11.8 Å². The lowest BCUT2D eigenvalue weighted by Gasteiger charge is -2.56. The Morgan fingerprint density at radius 2 is 1.75 bits per heavy atom. The number of rotatable bonds is 0. The fraction of sp³-hybridized carbons (Fsp3) is 1.00. The first-order valence-corrected chi connectivity index (χ1v) is 5.43. The van der Waals surface area contributed by atoms with Gasteiger partial charge < -0.3 is 5.11 Å². The molecule has 0 saturated heterocycles. The largest absolute Gasteiger partial charge is 0.393 e. The van der Waals surface area contributed by atoms with Crippen molar-refractivity contribution in [3.8, 4) is 0 Å². The Bertz CT molecular complexity index is 183. The molecule has 0 aliphatic heterocycles. The van der Waals surface area contributed by atoms with Crippen molar-refractivity contribution in [3.63, 3.8) is 0 Å². The van der Waals surface area contributed by atoms with Crippen molar-refractivity contribution in [2.75, 3.05) is 0 Å². The van der Waals surface area contributed by atoms with Crippen molar-refractivity contribution in [2.45, 2.75) is 38.7 Å². The van der Waals surface area contributed by atoms with Gasteiger partial charge in [0, 0.05) is 0 Å². The van der Waals surface area contributed by atoms with Crippen LogP contribution in [-0.4, -0.2) is 11.2 Å². The average Bonchev–Trinajstić information content (AvgIpc) is 2.07. The van der Waals surface area contributed by atoms with E-state index in [0.717, 1.165) is 17.8 Å². The first kappa shape index (κ1) is 7.37. The predicted molar refractivity (Wildman–Crippen MR) is 47.6 cm³/mol. The SMILES string of the molecule is C[C@@H]1C2CC3CC(C2)[C@@H](O)C1C3. The Hall–Kier alpha value is -0.0400. The predicted octanol–water partition coefficient (Wildman–Crippen LogP) is 2.05. The molecular weight excluding hydrogens is 148 g/mol. The van der Waals surface area contributed by atoms with Gasteiger partial charge in [0.1, 0.15) is 0 Å². The molecule has 12 heavy (non-hydrogen) atoms. The molecule has 4 unspecified atom stereocenters. The van der Waals surface area contributed by atoms with E-state index >= 15 is 0 Å². The highest BCUT2D eigenvalue weighted by Crippen LogP contribution is 2.56. The number of aliphatic hydroxyl groups is 1. The van der Waals surface area contributed by atoms with Gasteiger partial charge in [-0.05, 0) is 55.3 Å². The molecule has 0 spiro atoms. The van der Waals surface area contributed by atoms with E-state index in [1.807, 2.05) is 0 Å². The molecular formula is C11H18O. The average molecular weight is 166 g/mol. The monoisotopic (exact) mass is 166 g/mol. The van der Waals surface area contributed by atoms with Gasteiger partial charge in [-0.3, -0.25) is 0 Å². The van der Waals surface area contributed by atoms with Crippen molar-refractivity contribution < 1.29 is 5.11 Å². The second-order valence-corrected chi connectivity index (χ2v) is 5.34. The third-order valence-corrected chi connectivity index (χ3v) is 4.82. The van der Waals surface area contributed by atoms with Crippen LogP contribution in [0.2, 0.25) is 0 Å². The molecule has 4 fully saturated rings. The van der Waals surface area contributed by atoms with Gasteiger partial charge in [0.2, 0.25) is 0 Å². The lowest BCUT2D eigenvalue weighted by Crippen LogP contribution is -2.52. The quantitative estimate of drug-likeness (QED) is 0.584. The molecule has 6 atom stereocenters. The van der Waals surface area contributed by atoms with Crippen LogP contribution in [0.25, 0.3) is 0 Å². The molecule has 0 radical (unpaired) electrons. The summed E-state index contributed by atoms with van der Waals surface area (Å²) in [6.45, 7) is 2.36. The molecule has 0 heterocycles. The minimum absolute atomic E-state index is 0.0628. The summed E-state index contributed by atoms with van der Waals surface area (Å²) < 4.78 is 0. The molecule has 1 N–H and O–H groups in total. The lowest BCUT2D eigenvalue weighted by molar-refractivity contribution is -0.124. The summed E-state index contributed by atoms with van der Waals surface area (Å²) in [4.78, 5) is 0. The van der Waals surface area contributed by atoms with Crippen molar-refractivity contribution in [3.05, 3.63) is 0 Å². The zero-order valence-corrected chi connectivity index (χ0v) is 7.74. The van der Waals surface area contributed by atoms with Crippen LogP contribution in [0.1, 0.15) is 32.6 Å². The summed E-state index contributed by atoms with van der Waals surface area (Å²) in [5.74, 6) is 4.12. The van der Waals surface area contributed by atoms with E-state index in [9.17, 15) is 5.11 Å². The first-order valence-electron chi connectivity index (χ1n) is 5.43. The van der Waals surface area contributed by atoms with Crippen LogP contribution in [0, 0.1) is 29.6 Å². The Balaban J connectivity index is 1.93. The highest BCUT2D eigenvalue weighted by atomic mass is 16.3. The number of aliphatic hydroxyl groups excluding tert-OH is 1. The Morgan fingerprint density at radius 3 is 2.58 bits per heavy atom. The van der Waals surface area contributed by atoms with E-state index in [2.05, 4.69) is 6.92 Å². The van der Waals surface area contributed by atoms with Crippen LogP contribution in [0.3, 0.4) is 0 Å². The molecule has 4 aliphatic rings. The minimum atomic E-state index is 0.0628. The van der Waals surface area contributed by atoms with Crippen LogP contribution in [-0.2, 0) is 0 Å². The molecule has 0 aromatic rings. The molecule has 68 valence electrons. The fourth-order valence-electron chi connectivity index (χ4n) is 4.18. The molecule has 4 saturated carbocycles. The summed E-state index contributed by atoms with van der Waals surface area (Å²) in [5, 5.41) is 10.00. The van der Waals surface area contributed by atoms with Crippen LogP contribution in [0.4, 0.5) is 0 Å². The van der Waals surface area contributed by atoms with Crippen LogP contribution >= 0.6 is 0 Å². The van der Waals surface area contributed by atoms with E-state index in [-0.39, 0.29) is 6.10 Å². The third kappa shape index (κ3) is 0.783. The smallest absolute Gasteiger partial charge is 0.0599 e. The fourth-order valence-corrected chi connectivity index (χ4v) is 4.18. The van der Waals surface area contributed by atoms with Gasteiger partial charge in [-0.15, -0.1) is 0 Å². The van der Waals surface area contributed by atoms with E-state index in [1.165, 1.54) is 25.7 Å². The molecule has 4 aliphatic carbocycles. The van der Waals surface area contributed by atoms with Gasteiger partial charge >= 0.3 is 0 Å². The van der Waals surface area contributed by atoms with Gasteiger partial charge in [-0.2, -0.15) is 0 Å². The van der Waals surface area contributed by atoms with Gasteiger partial charge in [0.05, 0.1) is 6.10 Å². The summed E-state index contributed by atoms with van der Waals surface area (Å²) in [6.07, 6.45) is 5.53. The van der Waals surface area contributed by atoms with Gasteiger partial charge in [0.25, 0.3) is 0 Å². The van der Waals surface area contributed by atoms with Crippen LogP contribution in [0.5, 0.6) is 0 Å². The topological polar surface area (TPSA) is 20.2 Å². The molecule has 1 nitrogen and oxygen atoms in total.